The van der Waals surface area contributed by atoms with Gasteiger partial charge in [-0.1, -0.05) is 113 Å². The Morgan fingerprint density at radius 3 is 1.15 bits per heavy atom. The zero-order chi connectivity index (χ0) is 31.5. The molecule has 0 atom stereocenters. The van der Waals surface area contributed by atoms with Gasteiger partial charge in [0.2, 0.25) is 0 Å². The minimum Gasteiger partial charge on any atom is -0.0616 e. The van der Waals surface area contributed by atoms with Crippen molar-refractivity contribution in [2.45, 2.75) is 52.4 Å². The topological polar surface area (TPSA) is 0 Å². The Hall–Kier alpha value is -4.94. The minimum atomic E-state index is -0.0941. The van der Waals surface area contributed by atoms with E-state index in [0.29, 0.717) is 0 Å². The monoisotopic (exact) mass is 590 g/mol. The van der Waals surface area contributed by atoms with Crippen LogP contribution in [0.4, 0.5) is 0 Å². The molecular formula is C46H38. The first kappa shape index (κ1) is 27.4. The van der Waals surface area contributed by atoms with Crippen molar-refractivity contribution in [2.24, 2.45) is 0 Å². The maximum Gasteiger partial charge on any atom is 0.0159 e. The fourth-order valence-electron chi connectivity index (χ4n) is 8.68. The van der Waals surface area contributed by atoms with Gasteiger partial charge < -0.3 is 0 Å². The van der Waals surface area contributed by atoms with Crippen molar-refractivity contribution in [3.63, 3.8) is 0 Å². The molecule has 0 amide bonds. The van der Waals surface area contributed by atoms with E-state index in [0.717, 1.165) is 0 Å². The van der Waals surface area contributed by atoms with Gasteiger partial charge in [-0.25, -0.2) is 0 Å². The Balaban J connectivity index is 1.18. The predicted octanol–water partition coefficient (Wildman–Crippen LogP) is 12.6. The molecule has 2 aliphatic carbocycles. The van der Waals surface area contributed by atoms with Crippen molar-refractivity contribution in [2.75, 3.05) is 0 Å². The summed E-state index contributed by atoms with van der Waals surface area (Å²) in [5, 5.41) is 5.15. The first-order valence-corrected chi connectivity index (χ1v) is 16.6. The highest BCUT2D eigenvalue weighted by Crippen LogP contribution is 2.58. The molecule has 0 spiro atoms. The SMILES string of the molecule is Cc1cc(-c2ccc3ccccc3c2)cc2c1-c1cc3c(cc1C2(C)C)-c1c(C)cc(-c2ccc4ccccc4c2)cc1C3(C)C. The summed E-state index contributed by atoms with van der Waals surface area (Å²) in [7, 11) is 0. The van der Waals surface area contributed by atoms with Crippen LogP contribution in [0.25, 0.3) is 66.1 Å². The van der Waals surface area contributed by atoms with E-state index in [4.69, 9.17) is 0 Å². The maximum atomic E-state index is 2.55. The lowest BCUT2D eigenvalue weighted by molar-refractivity contribution is 0.652. The van der Waals surface area contributed by atoms with Crippen LogP contribution in [-0.4, -0.2) is 0 Å². The first-order chi connectivity index (χ1) is 22.1. The summed E-state index contributed by atoms with van der Waals surface area (Å²) >= 11 is 0. The summed E-state index contributed by atoms with van der Waals surface area (Å²) in [6.45, 7) is 14.3. The molecule has 0 fully saturated rings. The number of rotatable bonds is 2. The molecule has 222 valence electrons. The van der Waals surface area contributed by atoms with Gasteiger partial charge in [0.15, 0.2) is 0 Å². The lowest BCUT2D eigenvalue weighted by Gasteiger charge is -2.24. The van der Waals surface area contributed by atoms with E-state index in [1.807, 2.05) is 0 Å². The van der Waals surface area contributed by atoms with Crippen LogP contribution in [0.5, 0.6) is 0 Å². The van der Waals surface area contributed by atoms with E-state index in [2.05, 4.69) is 163 Å². The van der Waals surface area contributed by atoms with Crippen molar-refractivity contribution in [3.05, 3.63) is 155 Å². The van der Waals surface area contributed by atoms with Gasteiger partial charge in [0.1, 0.15) is 0 Å². The highest BCUT2D eigenvalue weighted by atomic mass is 14.5. The van der Waals surface area contributed by atoms with Crippen LogP contribution in [0.15, 0.2) is 121 Å². The third-order valence-electron chi connectivity index (χ3n) is 11.2. The van der Waals surface area contributed by atoms with Gasteiger partial charge >= 0.3 is 0 Å². The Kier molecular flexibility index (Phi) is 5.54. The van der Waals surface area contributed by atoms with E-state index in [1.165, 1.54) is 99.4 Å². The summed E-state index contributed by atoms with van der Waals surface area (Å²) in [4.78, 5) is 0. The molecule has 0 nitrogen and oxygen atoms in total. The van der Waals surface area contributed by atoms with E-state index in [-0.39, 0.29) is 10.8 Å². The van der Waals surface area contributed by atoms with Crippen molar-refractivity contribution in [1.29, 1.82) is 0 Å². The molecule has 9 rings (SSSR count). The number of benzene rings is 7. The average molecular weight is 591 g/mol. The highest BCUT2D eigenvalue weighted by Gasteiger charge is 2.43. The molecule has 0 heterocycles. The average Bonchev–Trinajstić information content (AvgIpc) is 3.42. The quantitative estimate of drug-likeness (QED) is 0.188. The molecule has 0 aliphatic heterocycles. The molecule has 0 saturated heterocycles. The number of hydrogen-bond acceptors (Lipinski definition) is 0. The smallest absolute Gasteiger partial charge is 0.0159 e. The fraction of sp³-hybridized carbons (Fsp3) is 0.174. The number of hydrogen-bond donors (Lipinski definition) is 0. The molecule has 0 saturated carbocycles. The summed E-state index contributed by atoms with van der Waals surface area (Å²) in [6.07, 6.45) is 0. The van der Waals surface area contributed by atoms with Crippen LogP contribution in [0.1, 0.15) is 61.1 Å². The normalized spacial score (nSPS) is 15.1. The van der Waals surface area contributed by atoms with Crippen LogP contribution in [-0.2, 0) is 10.8 Å². The lowest BCUT2D eigenvalue weighted by Crippen LogP contribution is -2.17. The second kappa shape index (κ2) is 9.30. The van der Waals surface area contributed by atoms with Crippen LogP contribution in [0.2, 0.25) is 0 Å². The lowest BCUT2D eigenvalue weighted by atomic mass is 9.79. The van der Waals surface area contributed by atoms with Gasteiger partial charge in [-0.15, -0.1) is 0 Å². The van der Waals surface area contributed by atoms with Crippen molar-refractivity contribution < 1.29 is 0 Å². The van der Waals surface area contributed by atoms with E-state index < -0.39 is 0 Å². The van der Waals surface area contributed by atoms with Gasteiger partial charge in [0.25, 0.3) is 0 Å². The van der Waals surface area contributed by atoms with Gasteiger partial charge in [-0.2, -0.15) is 0 Å². The molecule has 46 heavy (non-hydrogen) atoms. The maximum absolute atomic E-state index is 2.55. The summed E-state index contributed by atoms with van der Waals surface area (Å²) in [6, 6.07) is 45.9. The van der Waals surface area contributed by atoms with Crippen LogP contribution < -0.4 is 0 Å². The van der Waals surface area contributed by atoms with Crippen molar-refractivity contribution >= 4 is 21.5 Å². The molecule has 7 aromatic rings. The molecular weight excluding hydrogens is 553 g/mol. The summed E-state index contributed by atoms with van der Waals surface area (Å²) in [5.74, 6) is 0. The molecule has 0 N–H and O–H groups in total. The van der Waals surface area contributed by atoms with Gasteiger partial charge in [-0.05, 0) is 150 Å². The Morgan fingerprint density at radius 2 is 0.739 bits per heavy atom. The predicted molar refractivity (Wildman–Crippen MR) is 197 cm³/mol. The Labute approximate surface area is 272 Å². The second-order valence-electron chi connectivity index (χ2n) is 14.7. The van der Waals surface area contributed by atoms with Crippen LogP contribution in [0, 0.1) is 13.8 Å². The van der Waals surface area contributed by atoms with E-state index >= 15 is 0 Å². The van der Waals surface area contributed by atoms with Crippen molar-refractivity contribution in [1.82, 2.24) is 0 Å². The molecule has 0 unspecified atom stereocenters. The summed E-state index contributed by atoms with van der Waals surface area (Å²) in [5.41, 5.74) is 19.1. The standard InChI is InChI=1S/C46H38/c1-27-19-35(33-17-15-29-11-7-9-13-31(29)21-33)23-41-43(27)37-25-40-38(26-39(37)45(41,3)4)44-28(2)20-36(24-42(44)46(40,5)6)34-18-16-30-12-8-10-14-32(30)22-34/h7-26H,1-6H3. The van der Waals surface area contributed by atoms with Crippen LogP contribution in [0.3, 0.4) is 0 Å². The highest BCUT2D eigenvalue weighted by molar-refractivity contribution is 5.95. The first-order valence-electron chi connectivity index (χ1n) is 16.6. The molecule has 0 aromatic heterocycles. The Morgan fingerprint density at radius 1 is 0.348 bits per heavy atom. The number of aryl methyl sites for hydroxylation is 2. The van der Waals surface area contributed by atoms with Gasteiger partial charge in [-0.3, -0.25) is 0 Å². The largest absolute Gasteiger partial charge is 0.0616 e. The molecule has 0 heteroatoms. The zero-order valence-electron chi connectivity index (χ0n) is 27.5. The minimum absolute atomic E-state index is 0.0941. The van der Waals surface area contributed by atoms with Crippen molar-refractivity contribution in [3.8, 4) is 44.5 Å². The van der Waals surface area contributed by atoms with Gasteiger partial charge in [0, 0.05) is 10.8 Å². The number of fused-ring (bicyclic) bond motifs is 8. The zero-order valence-corrected chi connectivity index (χ0v) is 27.5. The van der Waals surface area contributed by atoms with Crippen LogP contribution >= 0.6 is 0 Å². The van der Waals surface area contributed by atoms with E-state index in [9.17, 15) is 0 Å². The Bertz CT molecular complexity index is 2260. The summed E-state index contributed by atoms with van der Waals surface area (Å²) < 4.78 is 0. The molecule has 0 radical (unpaired) electrons. The fourth-order valence-corrected chi connectivity index (χ4v) is 8.68. The third-order valence-corrected chi connectivity index (χ3v) is 11.2. The second-order valence-corrected chi connectivity index (χ2v) is 14.7. The third kappa shape index (κ3) is 3.74. The molecule has 2 aliphatic rings. The molecule has 7 aromatic carbocycles. The van der Waals surface area contributed by atoms with Gasteiger partial charge in [0.05, 0.1) is 0 Å². The van der Waals surface area contributed by atoms with E-state index in [1.54, 1.807) is 0 Å². The molecule has 0 bridgehead atoms.